The van der Waals surface area contributed by atoms with Gasteiger partial charge in [0.25, 0.3) is 0 Å². The van der Waals surface area contributed by atoms with Crippen molar-refractivity contribution in [2.45, 2.75) is 13.3 Å². The molecule has 1 aromatic rings. The lowest BCUT2D eigenvalue weighted by atomic mass is 10.2. The van der Waals surface area contributed by atoms with Crippen LogP contribution in [0.2, 0.25) is 0 Å². The third-order valence-corrected chi connectivity index (χ3v) is 1.15. The van der Waals surface area contributed by atoms with Gasteiger partial charge in [-0.25, -0.2) is 0 Å². The van der Waals surface area contributed by atoms with Crippen molar-refractivity contribution in [2.24, 2.45) is 0 Å². The molecule has 0 unspecified atom stereocenters. The van der Waals surface area contributed by atoms with Crippen LogP contribution in [0, 0.1) is 18.3 Å². The Bertz CT molecular complexity index is 308. The highest BCUT2D eigenvalue weighted by Crippen LogP contribution is 2.03. The molecule has 0 spiro atoms. The number of rotatable bonds is 2. The first-order valence-corrected chi connectivity index (χ1v) is 3.07. The van der Waals surface area contributed by atoms with Crippen molar-refractivity contribution in [1.29, 1.82) is 5.26 Å². The van der Waals surface area contributed by atoms with Gasteiger partial charge in [-0.2, -0.15) is 5.26 Å². The van der Waals surface area contributed by atoms with Crippen LogP contribution >= 0.6 is 0 Å². The summed E-state index contributed by atoms with van der Waals surface area (Å²) in [5.41, 5.74) is 0.226. The molecule has 0 saturated heterocycles. The third kappa shape index (κ3) is 1.64. The highest BCUT2D eigenvalue weighted by atomic mass is 16.5. The average molecular weight is 150 g/mol. The molecule has 1 rings (SSSR count). The van der Waals surface area contributed by atoms with Crippen molar-refractivity contribution in [1.82, 2.24) is 5.16 Å². The second-order valence-corrected chi connectivity index (χ2v) is 2.08. The quantitative estimate of drug-likeness (QED) is 0.591. The van der Waals surface area contributed by atoms with Crippen LogP contribution < -0.4 is 0 Å². The number of aryl methyl sites for hydroxylation is 1. The normalized spacial score (nSPS) is 9.09. The summed E-state index contributed by atoms with van der Waals surface area (Å²) in [5, 5.41) is 11.6. The number of ketones is 1. The fourth-order valence-electron chi connectivity index (χ4n) is 0.660. The molecule has 1 aromatic heterocycles. The first kappa shape index (κ1) is 7.48. The maximum Gasteiger partial charge on any atom is 0.198 e. The van der Waals surface area contributed by atoms with Gasteiger partial charge in [0, 0.05) is 6.07 Å². The lowest BCUT2D eigenvalue weighted by molar-refractivity contribution is 0.0989. The fraction of sp³-hybridized carbons (Fsp3) is 0.286. The van der Waals surface area contributed by atoms with Crippen molar-refractivity contribution in [2.75, 3.05) is 0 Å². The van der Waals surface area contributed by atoms with Gasteiger partial charge in [0.1, 0.15) is 12.2 Å². The van der Waals surface area contributed by atoms with Gasteiger partial charge in [0.2, 0.25) is 0 Å². The van der Waals surface area contributed by atoms with Gasteiger partial charge in [0.05, 0.1) is 6.07 Å². The van der Waals surface area contributed by atoms with Gasteiger partial charge in [-0.05, 0) is 6.92 Å². The molecule has 0 atom stereocenters. The van der Waals surface area contributed by atoms with Crippen molar-refractivity contribution in [3.8, 4) is 6.07 Å². The smallest absolute Gasteiger partial charge is 0.198 e. The predicted octanol–water partition coefficient (Wildman–Crippen LogP) is 1.08. The highest BCUT2D eigenvalue weighted by Gasteiger charge is 2.09. The maximum atomic E-state index is 10.9. The summed E-state index contributed by atoms with van der Waals surface area (Å²) in [7, 11) is 0. The van der Waals surface area contributed by atoms with E-state index in [0.717, 1.165) is 0 Å². The zero-order chi connectivity index (χ0) is 8.27. The minimum atomic E-state index is -0.302. The van der Waals surface area contributed by atoms with Gasteiger partial charge in [-0.15, -0.1) is 0 Å². The molecule has 0 aliphatic rings. The van der Waals surface area contributed by atoms with Crippen LogP contribution in [0.25, 0.3) is 0 Å². The molecule has 0 radical (unpaired) electrons. The summed E-state index contributed by atoms with van der Waals surface area (Å²) in [4.78, 5) is 10.9. The van der Waals surface area contributed by atoms with Crippen molar-refractivity contribution >= 4 is 5.78 Å². The molecule has 4 nitrogen and oxygen atoms in total. The molecule has 0 saturated carbocycles. The van der Waals surface area contributed by atoms with Gasteiger partial charge in [-0.1, -0.05) is 5.16 Å². The van der Waals surface area contributed by atoms with E-state index in [1.807, 2.05) is 0 Å². The molecule has 56 valence electrons. The summed E-state index contributed by atoms with van der Waals surface area (Å²) in [6, 6.07) is 3.26. The topological polar surface area (TPSA) is 66.9 Å². The molecule has 0 N–H and O–H groups in total. The molecule has 0 fully saturated rings. The Hall–Kier alpha value is -1.63. The number of aromatic nitrogens is 1. The van der Waals surface area contributed by atoms with Crippen LogP contribution in [-0.4, -0.2) is 10.9 Å². The van der Waals surface area contributed by atoms with E-state index < -0.39 is 0 Å². The fourth-order valence-corrected chi connectivity index (χ4v) is 0.660. The number of nitrogens with zero attached hydrogens (tertiary/aromatic N) is 2. The lowest BCUT2D eigenvalue weighted by Crippen LogP contribution is -1.96. The Balaban J connectivity index is 2.78. The van der Waals surface area contributed by atoms with Crippen molar-refractivity contribution in [3.05, 3.63) is 17.5 Å². The number of Topliss-reactive ketones (excluding diaryl/α,β-unsaturated/α-hetero) is 1. The molecular formula is C7H6N2O2. The predicted molar refractivity (Wildman–Crippen MR) is 35.8 cm³/mol. The van der Waals surface area contributed by atoms with Crippen molar-refractivity contribution < 1.29 is 9.32 Å². The number of carbonyl (C=O) groups is 1. The van der Waals surface area contributed by atoms with Crippen LogP contribution in [0.4, 0.5) is 0 Å². The van der Waals surface area contributed by atoms with Crippen LogP contribution in [0.5, 0.6) is 0 Å². The van der Waals surface area contributed by atoms with Gasteiger partial charge >= 0.3 is 0 Å². The number of carbonyl (C=O) groups excluding carboxylic acids is 1. The molecule has 0 amide bonds. The van der Waals surface area contributed by atoms with E-state index in [4.69, 9.17) is 5.26 Å². The standard InChI is InChI=1S/C7H6N2O2/c1-5-4-6(9-11-5)7(10)2-3-8/h4H,2H2,1H3. The Kier molecular flexibility index (Phi) is 2.02. The van der Waals surface area contributed by atoms with E-state index in [1.54, 1.807) is 13.0 Å². The van der Waals surface area contributed by atoms with E-state index in [9.17, 15) is 4.79 Å². The number of hydrogen-bond donors (Lipinski definition) is 0. The zero-order valence-corrected chi connectivity index (χ0v) is 6.00. The Morgan fingerprint density at radius 1 is 1.91 bits per heavy atom. The van der Waals surface area contributed by atoms with Gasteiger partial charge < -0.3 is 4.52 Å². The lowest BCUT2D eigenvalue weighted by Gasteiger charge is -1.82. The minimum Gasteiger partial charge on any atom is -0.361 e. The van der Waals surface area contributed by atoms with Crippen LogP contribution in [0.3, 0.4) is 0 Å². The average Bonchev–Trinajstić information content (AvgIpc) is 2.36. The molecule has 1 heterocycles. The van der Waals surface area contributed by atoms with Crippen LogP contribution in [0.15, 0.2) is 10.6 Å². The summed E-state index contributed by atoms with van der Waals surface area (Å²) in [6.45, 7) is 1.69. The van der Waals surface area contributed by atoms with Crippen LogP contribution in [0.1, 0.15) is 22.7 Å². The molecular weight excluding hydrogens is 144 g/mol. The summed E-state index contributed by atoms with van der Waals surface area (Å²) in [5.74, 6) is 0.274. The maximum absolute atomic E-state index is 10.9. The second-order valence-electron chi connectivity index (χ2n) is 2.08. The molecule has 0 aromatic carbocycles. The highest BCUT2D eigenvalue weighted by molar-refractivity contribution is 5.95. The van der Waals surface area contributed by atoms with E-state index >= 15 is 0 Å². The third-order valence-electron chi connectivity index (χ3n) is 1.15. The molecule has 4 heteroatoms. The Morgan fingerprint density at radius 3 is 3.09 bits per heavy atom. The zero-order valence-electron chi connectivity index (χ0n) is 6.00. The molecule has 0 aliphatic heterocycles. The van der Waals surface area contributed by atoms with E-state index in [0.29, 0.717) is 5.76 Å². The Morgan fingerprint density at radius 2 is 2.64 bits per heavy atom. The van der Waals surface area contributed by atoms with E-state index in [2.05, 4.69) is 9.68 Å². The molecule has 0 bridgehead atoms. The second kappa shape index (κ2) is 2.97. The summed E-state index contributed by atoms with van der Waals surface area (Å²) in [6.07, 6.45) is -0.147. The largest absolute Gasteiger partial charge is 0.361 e. The Labute approximate surface area is 63.4 Å². The first-order chi connectivity index (χ1) is 5.24. The monoisotopic (exact) mass is 150 g/mol. The minimum absolute atomic E-state index is 0.147. The summed E-state index contributed by atoms with van der Waals surface area (Å²) < 4.78 is 4.65. The number of hydrogen-bond acceptors (Lipinski definition) is 4. The number of nitriles is 1. The van der Waals surface area contributed by atoms with Gasteiger partial charge in [-0.3, -0.25) is 4.79 Å². The SMILES string of the molecule is Cc1cc(C(=O)CC#N)no1. The van der Waals surface area contributed by atoms with Crippen molar-refractivity contribution in [3.63, 3.8) is 0 Å². The van der Waals surface area contributed by atoms with E-state index in [-0.39, 0.29) is 17.9 Å². The first-order valence-electron chi connectivity index (χ1n) is 3.07. The van der Waals surface area contributed by atoms with Crippen LogP contribution in [-0.2, 0) is 0 Å². The molecule has 0 aliphatic carbocycles. The van der Waals surface area contributed by atoms with E-state index in [1.165, 1.54) is 6.07 Å². The molecule has 11 heavy (non-hydrogen) atoms. The van der Waals surface area contributed by atoms with Gasteiger partial charge in [0.15, 0.2) is 11.5 Å². The summed E-state index contributed by atoms with van der Waals surface area (Å²) >= 11 is 0.